The van der Waals surface area contributed by atoms with Gasteiger partial charge in [0, 0.05) is 43.2 Å². The van der Waals surface area contributed by atoms with Gasteiger partial charge in [-0.2, -0.15) is 4.98 Å². The summed E-state index contributed by atoms with van der Waals surface area (Å²) in [5, 5.41) is 8.17. The topological polar surface area (TPSA) is 62.9 Å². The van der Waals surface area contributed by atoms with Gasteiger partial charge in [0.2, 0.25) is 0 Å². The number of oxime groups is 1. The van der Waals surface area contributed by atoms with Crippen molar-refractivity contribution in [3.63, 3.8) is 0 Å². The van der Waals surface area contributed by atoms with Crippen LogP contribution in [0.5, 0.6) is 0 Å². The second kappa shape index (κ2) is 6.22. The minimum absolute atomic E-state index is 0.168. The van der Waals surface area contributed by atoms with E-state index >= 15 is 0 Å². The van der Waals surface area contributed by atoms with E-state index in [1.807, 2.05) is 24.3 Å². The lowest BCUT2D eigenvalue weighted by Crippen LogP contribution is -2.43. The first kappa shape index (κ1) is 14.5. The Hall–Kier alpha value is -2.05. The molecule has 1 aromatic heterocycles. The molecule has 23 heavy (non-hydrogen) atoms. The molecule has 1 atom stereocenters. The smallest absolute Gasteiger partial charge is 0.297 e. The molecule has 1 aromatic carbocycles. The Morgan fingerprint density at radius 2 is 2.04 bits per heavy atom. The van der Waals surface area contributed by atoms with Crippen LogP contribution in [0, 0.1) is 0 Å². The monoisotopic (exact) mass is 332 g/mol. The highest BCUT2D eigenvalue weighted by Gasteiger charge is 2.28. The first-order chi connectivity index (χ1) is 11.3. The second-order valence-corrected chi connectivity index (χ2v) is 6.02. The quantitative estimate of drug-likeness (QED) is 0.936. The van der Waals surface area contributed by atoms with E-state index < -0.39 is 0 Å². The fourth-order valence-corrected chi connectivity index (χ4v) is 3.09. The molecule has 2 aliphatic rings. The Morgan fingerprint density at radius 3 is 2.87 bits per heavy atom. The number of benzene rings is 1. The molecule has 4 rings (SSSR count). The fourth-order valence-electron chi connectivity index (χ4n) is 2.83. The number of anilines is 1. The minimum atomic E-state index is -0.168. The van der Waals surface area contributed by atoms with E-state index in [-0.39, 0.29) is 6.10 Å². The molecule has 3 heterocycles. The summed E-state index contributed by atoms with van der Waals surface area (Å²) in [6, 6.07) is 8.31. The third-order valence-corrected chi connectivity index (χ3v) is 4.44. The standard InChI is InChI=1S/C16H17ClN4O2/c17-12-4-2-1-3-11(12)15-9-13(20-23-15)14-10-22-16(19-14)21-7-5-18-6-8-21/h1-4,10,15,18H,5-9H2. The number of halogens is 1. The van der Waals surface area contributed by atoms with Crippen molar-refractivity contribution in [3.05, 3.63) is 46.8 Å². The predicted octanol–water partition coefficient (Wildman–Crippen LogP) is 2.60. The molecular weight excluding hydrogens is 316 g/mol. The van der Waals surface area contributed by atoms with Gasteiger partial charge in [0.1, 0.15) is 17.7 Å². The third-order valence-electron chi connectivity index (χ3n) is 4.10. The molecule has 0 aliphatic carbocycles. The second-order valence-electron chi connectivity index (χ2n) is 5.61. The molecular formula is C16H17ClN4O2. The average molecular weight is 333 g/mol. The SMILES string of the molecule is Clc1ccccc1C1CC(c2coc(N3CCNCC3)n2)=NO1. The lowest BCUT2D eigenvalue weighted by Gasteiger charge is -2.25. The van der Waals surface area contributed by atoms with Gasteiger partial charge in [-0.05, 0) is 6.07 Å². The van der Waals surface area contributed by atoms with Crippen molar-refractivity contribution in [3.8, 4) is 0 Å². The van der Waals surface area contributed by atoms with E-state index in [1.54, 1.807) is 6.26 Å². The summed E-state index contributed by atoms with van der Waals surface area (Å²) < 4.78 is 5.61. The maximum Gasteiger partial charge on any atom is 0.297 e. The molecule has 0 saturated carbocycles. The van der Waals surface area contributed by atoms with Gasteiger partial charge in [-0.25, -0.2) is 0 Å². The number of aromatic nitrogens is 1. The Kier molecular flexibility index (Phi) is 3.93. The zero-order chi connectivity index (χ0) is 15.6. The molecule has 0 amide bonds. The summed E-state index contributed by atoms with van der Waals surface area (Å²) in [4.78, 5) is 12.2. The van der Waals surface area contributed by atoms with Gasteiger partial charge >= 0.3 is 0 Å². The number of hydrogen-bond acceptors (Lipinski definition) is 6. The van der Waals surface area contributed by atoms with E-state index in [2.05, 4.69) is 20.4 Å². The van der Waals surface area contributed by atoms with Crippen molar-refractivity contribution >= 4 is 23.3 Å². The molecule has 0 bridgehead atoms. The molecule has 0 radical (unpaired) electrons. The van der Waals surface area contributed by atoms with Gasteiger partial charge in [0.05, 0.1) is 0 Å². The Labute approximate surface area is 139 Å². The largest absolute Gasteiger partial charge is 0.431 e. The van der Waals surface area contributed by atoms with Crippen LogP contribution in [-0.4, -0.2) is 36.9 Å². The maximum absolute atomic E-state index is 6.23. The van der Waals surface area contributed by atoms with Crippen LogP contribution in [0.2, 0.25) is 5.02 Å². The van der Waals surface area contributed by atoms with Crippen LogP contribution in [0.15, 0.2) is 40.1 Å². The first-order valence-electron chi connectivity index (χ1n) is 7.70. The maximum atomic E-state index is 6.23. The lowest BCUT2D eigenvalue weighted by atomic mass is 10.0. The van der Waals surface area contributed by atoms with E-state index in [4.69, 9.17) is 20.9 Å². The Morgan fingerprint density at radius 1 is 1.22 bits per heavy atom. The normalized spacial score (nSPS) is 21.2. The summed E-state index contributed by atoms with van der Waals surface area (Å²) in [6.45, 7) is 3.67. The third kappa shape index (κ3) is 2.92. The van der Waals surface area contributed by atoms with Crippen LogP contribution in [0.4, 0.5) is 6.01 Å². The van der Waals surface area contributed by atoms with Crippen LogP contribution in [0.25, 0.3) is 0 Å². The molecule has 6 nitrogen and oxygen atoms in total. The number of nitrogens with one attached hydrogen (secondary N) is 1. The van der Waals surface area contributed by atoms with Gasteiger partial charge in [0.25, 0.3) is 6.01 Å². The van der Waals surface area contributed by atoms with Crippen LogP contribution in [-0.2, 0) is 4.84 Å². The van der Waals surface area contributed by atoms with Crippen LogP contribution in [0.3, 0.4) is 0 Å². The lowest BCUT2D eigenvalue weighted by molar-refractivity contribution is 0.0858. The van der Waals surface area contributed by atoms with Crippen molar-refractivity contribution in [1.29, 1.82) is 0 Å². The molecule has 0 spiro atoms. The highest BCUT2D eigenvalue weighted by molar-refractivity contribution is 6.31. The molecule has 1 unspecified atom stereocenters. The number of rotatable bonds is 3. The minimum Gasteiger partial charge on any atom is -0.431 e. The van der Waals surface area contributed by atoms with Crippen LogP contribution < -0.4 is 10.2 Å². The Bertz CT molecular complexity index is 724. The first-order valence-corrected chi connectivity index (χ1v) is 8.08. The molecule has 1 saturated heterocycles. The molecule has 2 aromatic rings. The molecule has 120 valence electrons. The molecule has 1 N–H and O–H groups in total. The predicted molar refractivity (Wildman–Crippen MR) is 88.0 cm³/mol. The van der Waals surface area contributed by atoms with E-state index in [1.165, 1.54) is 0 Å². The van der Waals surface area contributed by atoms with Crippen LogP contribution >= 0.6 is 11.6 Å². The summed E-state index contributed by atoms with van der Waals surface area (Å²) in [7, 11) is 0. The van der Waals surface area contributed by atoms with E-state index in [9.17, 15) is 0 Å². The van der Waals surface area contributed by atoms with Gasteiger partial charge in [0.15, 0.2) is 6.10 Å². The van der Waals surface area contributed by atoms with Crippen molar-refractivity contribution in [2.24, 2.45) is 5.16 Å². The fraction of sp³-hybridized carbons (Fsp3) is 0.375. The molecule has 7 heteroatoms. The highest BCUT2D eigenvalue weighted by Crippen LogP contribution is 2.33. The van der Waals surface area contributed by atoms with Crippen molar-refractivity contribution < 1.29 is 9.25 Å². The van der Waals surface area contributed by atoms with Gasteiger partial charge < -0.3 is 19.5 Å². The van der Waals surface area contributed by atoms with E-state index in [0.717, 1.165) is 43.1 Å². The number of hydrogen-bond donors (Lipinski definition) is 1. The number of oxazole rings is 1. The molecule has 2 aliphatic heterocycles. The summed E-state index contributed by atoms with van der Waals surface area (Å²) in [5.74, 6) is 0. The zero-order valence-corrected chi connectivity index (χ0v) is 13.3. The van der Waals surface area contributed by atoms with Crippen LogP contribution in [0.1, 0.15) is 23.8 Å². The van der Waals surface area contributed by atoms with Crippen molar-refractivity contribution in [2.45, 2.75) is 12.5 Å². The van der Waals surface area contributed by atoms with Crippen molar-refractivity contribution in [2.75, 3.05) is 31.1 Å². The van der Waals surface area contributed by atoms with Gasteiger partial charge in [-0.1, -0.05) is 35.0 Å². The van der Waals surface area contributed by atoms with Gasteiger partial charge in [-0.3, -0.25) is 0 Å². The zero-order valence-electron chi connectivity index (χ0n) is 12.5. The number of nitrogens with zero attached hydrogens (tertiary/aromatic N) is 3. The number of piperazine rings is 1. The van der Waals surface area contributed by atoms with E-state index in [0.29, 0.717) is 17.5 Å². The summed E-state index contributed by atoms with van der Waals surface area (Å²) in [6.07, 6.45) is 2.12. The summed E-state index contributed by atoms with van der Waals surface area (Å²) in [5.41, 5.74) is 2.46. The van der Waals surface area contributed by atoms with Gasteiger partial charge in [-0.15, -0.1) is 0 Å². The average Bonchev–Trinajstić information content (AvgIpc) is 3.25. The van der Waals surface area contributed by atoms with Crippen molar-refractivity contribution in [1.82, 2.24) is 10.3 Å². The summed E-state index contributed by atoms with van der Waals surface area (Å²) >= 11 is 6.23. The molecule has 1 fully saturated rings. The highest BCUT2D eigenvalue weighted by atomic mass is 35.5. The Balaban J connectivity index is 1.47.